The molecule has 0 spiro atoms. The van der Waals surface area contributed by atoms with Crippen LogP contribution in [0.2, 0.25) is 0 Å². The van der Waals surface area contributed by atoms with Crippen molar-refractivity contribution in [2.75, 3.05) is 11.9 Å². The van der Waals surface area contributed by atoms with E-state index in [0.29, 0.717) is 0 Å². The van der Waals surface area contributed by atoms with Crippen LogP contribution in [0.25, 0.3) is 0 Å². The average Bonchev–Trinajstić information content (AvgIpc) is 2.83. The third kappa shape index (κ3) is 3.15. The summed E-state index contributed by atoms with van der Waals surface area (Å²) >= 11 is 0. The molecule has 4 heteroatoms. The van der Waals surface area contributed by atoms with Crippen molar-refractivity contribution in [2.45, 2.75) is 33.4 Å². The van der Waals surface area contributed by atoms with Crippen molar-refractivity contribution in [3.05, 3.63) is 47.0 Å². The molecule has 2 rings (SSSR count). The molecular weight excluding hydrogens is 240 g/mol. The third-order valence-corrected chi connectivity index (χ3v) is 3.23. The Labute approximate surface area is 113 Å². The van der Waals surface area contributed by atoms with E-state index in [1.165, 1.54) is 0 Å². The maximum atomic E-state index is 9.30. The molecule has 19 heavy (non-hydrogen) atoms. The molecule has 0 aliphatic carbocycles. The summed E-state index contributed by atoms with van der Waals surface area (Å²) in [6.45, 7) is 4.81. The topological polar surface area (TPSA) is 49.5 Å². The highest BCUT2D eigenvalue weighted by atomic mass is 16.3. The Kier molecular flexibility index (Phi) is 4.22. The average molecular weight is 260 g/mol. The first-order valence-corrected chi connectivity index (χ1v) is 6.48. The molecule has 0 radical (unpaired) electrons. The lowest BCUT2D eigenvalue weighted by Gasteiger charge is -2.19. The molecule has 2 heterocycles. The van der Waals surface area contributed by atoms with Gasteiger partial charge in [0.15, 0.2) is 0 Å². The number of aliphatic hydroxyl groups excluding tert-OH is 1. The van der Waals surface area contributed by atoms with E-state index in [2.05, 4.69) is 16.8 Å². The lowest BCUT2D eigenvalue weighted by atomic mass is 10.2. The Hall–Kier alpha value is -1.81. The summed E-state index contributed by atoms with van der Waals surface area (Å²) in [4.78, 5) is 6.66. The van der Waals surface area contributed by atoms with Gasteiger partial charge in [-0.25, -0.2) is 4.98 Å². The van der Waals surface area contributed by atoms with E-state index in [-0.39, 0.29) is 6.61 Å². The lowest BCUT2D eigenvalue weighted by molar-refractivity contribution is 0.281. The molecule has 0 atom stereocenters. The van der Waals surface area contributed by atoms with Gasteiger partial charge in [0.1, 0.15) is 11.6 Å². The van der Waals surface area contributed by atoms with Crippen molar-refractivity contribution in [1.29, 1.82) is 0 Å². The molecule has 0 saturated carbocycles. The molecular formula is C15H20N2O2. The number of nitrogens with zero attached hydrogens (tertiary/aromatic N) is 2. The van der Waals surface area contributed by atoms with Crippen LogP contribution in [0.4, 0.5) is 5.82 Å². The number of aryl methyl sites for hydroxylation is 2. The molecule has 0 bridgehead atoms. The van der Waals surface area contributed by atoms with Crippen LogP contribution in [0.3, 0.4) is 0 Å². The van der Waals surface area contributed by atoms with E-state index in [9.17, 15) is 5.11 Å². The predicted octanol–water partition coefficient (Wildman–Crippen LogP) is 2.67. The van der Waals surface area contributed by atoms with Gasteiger partial charge in [0.25, 0.3) is 0 Å². The highest BCUT2D eigenvalue weighted by molar-refractivity contribution is 5.43. The summed E-state index contributed by atoms with van der Waals surface area (Å²) in [6, 6.07) is 5.84. The summed E-state index contributed by atoms with van der Waals surface area (Å²) in [5.41, 5.74) is 3.05. The Morgan fingerprint density at radius 2 is 2.16 bits per heavy atom. The lowest BCUT2D eigenvalue weighted by Crippen LogP contribution is -2.18. The first-order chi connectivity index (χ1) is 9.13. The minimum atomic E-state index is 0.0428. The van der Waals surface area contributed by atoms with Crippen LogP contribution in [0, 0.1) is 6.92 Å². The summed E-state index contributed by atoms with van der Waals surface area (Å²) in [6.07, 6.45) is 2.56. The molecule has 2 aromatic heterocycles. The summed E-state index contributed by atoms with van der Waals surface area (Å²) in [7, 11) is 2.00. The fourth-order valence-corrected chi connectivity index (χ4v) is 2.01. The second-order valence-electron chi connectivity index (χ2n) is 4.69. The van der Waals surface area contributed by atoms with Gasteiger partial charge in [-0.1, -0.05) is 6.92 Å². The fraction of sp³-hybridized carbons (Fsp3) is 0.400. The Morgan fingerprint density at radius 1 is 1.37 bits per heavy atom. The molecule has 4 nitrogen and oxygen atoms in total. The van der Waals surface area contributed by atoms with Gasteiger partial charge in [0.2, 0.25) is 0 Å². The molecule has 102 valence electrons. The van der Waals surface area contributed by atoms with Crippen LogP contribution in [0.15, 0.2) is 28.9 Å². The molecule has 0 saturated heterocycles. The maximum absolute atomic E-state index is 9.30. The SMILES string of the molecule is CCc1cc(CO)cc(N(C)Cc2ccoc2C)n1. The first kappa shape index (κ1) is 13.6. The maximum Gasteiger partial charge on any atom is 0.129 e. The van der Waals surface area contributed by atoms with Gasteiger partial charge in [-0.2, -0.15) is 0 Å². The van der Waals surface area contributed by atoms with Gasteiger partial charge in [-0.3, -0.25) is 0 Å². The second kappa shape index (κ2) is 5.89. The van der Waals surface area contributed by atoms with Gasteiger partial charge in [0, 0.05) is 24.8 Å². The zero-order valence-electron chi connectivity index (χ0n) is 11.7. The van der Waals surface area contributed by atoms with E-state index in [1.54, 1.807) is 6.26 Å². The van der Waals surface area contributed by atoms with E-state index in [1.807, 2.05) is 32.2 Å². The van der Waals surface area contributed by atoms with Gasteiger partial charge in [-0.05, 0) is 37.1 Å². The molecule has 0 fully saturated rings. The highest BCUT2D eigenvalue weighted by Crippen LogP contribution is 2.18. The zero-order chi connectivity index (χ0) is 13.8. The highest BCUT2D eigenvalue weighted by Gasteiger charge is 2.09. The fourth-order valence-electron chi connectivity index (χ4n) is 2.01. The van der Waals surface area contributed by atoms with Gasteiger partial charge >= 0.3 is 0 Å². The van der Waals surface area contributed by atoms with Crippen molar-refractivity contribution < 1.29 is 9.52 Å². The predicted molar refractivity (Wildman–Crippen MR) is 75.1 cm³/mol. The first-order valence-electron chi connectivity index (χ1n) is 6.48. The van der Waals surface area contributed by atoms with Crippen molar-refractivity contribution in [3.63, 3.8) is 0 Å². The summed E-state index contributed by atoms with van der Waals surface area (Å²) in [5.74, 6) is 1.81. The van der Waals surface area contributed by atoms with Crippen molar-refractivity contribution in [1.82, 2.24) is 4.98 Å². The number of hydrogen-bond donors (Lipinski definition) is 1. The number of furan rings is 1. The molecule has 0 unspecified atom stereocenters. The van der Waals surface area contributed by atoms with Gasteiger partial charge in [-0.15, -0.1) is 0 Å². The number of aliphatic hydroxyl groups is 1. The Bertz CT molecular complexity index is 527. The van der Waals surface area contributed by atoms with E-state index in [0.717, 1.165) is 41.4 Å². The largest absolute Gasteiger partial charge is 0.469 e. The van der Waals surface area contributed by atoms with E-state index < -0.39 is 0 Å². The minimum absolute atomic E-state index is 0.0428. The van der Waals surface area contributed by atoms with Crippen LogP contribution in [-0.4, -0.2) is 17.1 Å². The van der Waals surface area contributed by atoms with Gasteiger partial charge in [0.05, 0.1) is 12.9 Å². The van der Waals surface area contributed by atoms with Crippen LogP contribution < -0.4 is 4.90 Å². The zero-order valence-corrected chi connectivity index (χ0v) is 11.7. The number of aromatic nitrogens is 1. The van der Waals surface area contributed by atoms with Crippen molar-refractivity contribution >= 4 is 5.82 Å². The van der Waals surface area contributed by atoms with Crippen LogP contribution in [-0.2, 0) is 19.6 Å². The number of anilines is 1. The molecule has 2 aromatic rings. The normalized spacial score (nSPS) is 10.7. The van der Waals surface area contributed by atoms with Gasteiger partial charge < -0.3 is 14.4 Å². The molecule has 0 amide bonds. The van der Waals surface area contributed by atoms with Crippen LogP contribution in [0.1, 0.15) is 29.5 Å². The molecule has 0 aliphatic rings. The monoisotopic (exact) mass is 260 g/mol. The second-order valence-corrected chi connectivity index (χ2v) is 4.69. The third-order valence-electron chi connectivity index (χ3n) is 3.23. The Morgan fingerprint density at radius 3 is 2.74 bits per heavy atom. The molecule has 0 aliphatic heterocycles. The van der Waals surface area contributed by atoms with Crippen molar-refractivity contribution in [2.24, 2.45) is 0 Å². The number of rotatable bonds is 5. The number of pyridine rings is 1. The van der Waals surface area contributed by atoms with Crippen LogP contribution in [0.5, 0.6) is 0 Å². The molecule has 1 N–H and O–H groups in total. The smallest absolute Gasteiger partial charge is 0.129 e. The summed E-state index contributed by atoms with van der Waals surface area (Å²) in [5, 5.41) is 9.30. The quantitative estimate of drug-likeness (QED) is 0.898. The van der Waals surface area contributed by atoms with E-state index in [4.69, 9.17) is 4.42 Å². The minimum Gasteiger partial charge on any atom is -0.469 e. The Balaban J connectivity index is 2.23. The van der Waals surface area contributed by atoms with Crippen LogP contribution >= 0.6 is 0 Å². The summed E-state index contributed by atoms with van der Waals surface area (Å²) < 4.78 is 5.30. The number of hydrogen-bond acceptors (Lipinski definition) is 4. The molecule has 0 aromatic carbocycles. The van der Waals surface area contributed by atoms with Crippen molar-refractivity contribution in [3.8, 4) is 0 Å². The van der Waals surface area contributed by atoms with E-state index >= 15 is 0 Å². The standard InChI is InChI=1S/C15H20N2O2/c1-4-14-7-12(10-18)8-15(16-14)17(3)9-13-5-6-19-11(13)2/h5-8,18H,4,9-10H2,1-3H3.